The lowest BCUT2D eigenvalue weighted by atomic mass is 10.1. The van der Waals surface area contributed by atoms with Crippen LogP contribution in [0.2, 0.25) is 0 Å². The third-order valence-corrected chi connectivity index (χ3v) is 5.04. The molecule has 1 aromatic heterocycles. The number of amides is 1. The topological polar surface area (TPSA) is 71.5 Å². The summed E-state index contributed by atoms with van der Waals surface area (Å²) < 4.78 is 5.01. The molecule has 6 heteroatoms. The van der Waals surface area contributed by atoms with Crippen LogP contribution in [0.15, 0.2) is 42.5 Å². The van der Waals surface area contributed by atoms with E-state index in [0.29, 0.717) is 30.1 Å². The lowest BCUT2D eigenvalue weighted by Gasteiger charge is -2.28. The van der Waals surface area contributed by atoms with Crippen molar-refractivity contribution in [1.82, 2.24) is 15.2 Å². The number of benzene rings is 1. The van der Waals surface area contributed by atoms with Crippen molar-refractivity contribution in [1.29, 1.82) is 0 Å². The molecule has 1 atom stereocenters. The summed E-state index contributed by atoms with van der Waals surface area (Å²) in [6, 6.07) is 13.6. The zero-order valence-corrected chi connectivity index (χ0v) is 16.5. The van der Waals surface area contributed by atoms with Gasteiger partial charge in [-0.3, -0.25) is 9.69 Å². The van der Waals surface area contributed by atoms with Crippen LogP contribution in [0.5, 0.6) is 0 Å². The average molecular weight is 381 g/mol. The van der Waals surface area contributed by atoms with E-state index in [4.69, 9.17) is 4.74 Å². The number of esters is 1. The molecule has 0 radical (unpaired) electrons. The Morgan fingerprint density at radius 3 is 2.50 bits per heavy atom. The summed E-state index contributed by atoms with van der Waals surface area (Å²) in [5.74, 6) is -0.656. The third-order valence-electron chi connectivity index (χ3n) is 5.04. The fourth-order valence-corrected chi connectivity index (χ4v) is 3.58. The highest BCUT2D eigenvalue weighted by Gasteiger charge is 2.24. The third kappa shape index (κ3) is 4.75. The molecule has 2 heterocycles. The first kappa shape index (κ1) is 20.0. The summed E-state index contributed by atoms with van der Waals surface area (Å²) in [6.07, 6.45) is 2.38. The Bertz CT molecular complexity index is 817. The van der Waals surface area contributed by atoms with Crippen molar-refractivity contribution >= 4 is 11.9 Å². The molecule has 6 nitrogen and oxygen atoms in total. The van der Waals surface area contributed by atoms with Crippen molar-refractivity contribution in [3.8, 4) is 0 Å². The van der Waals surface area contributed by atoms with Gasteiger partial charge in [0, 0.05) is 6.54 Å². The number of ether oxygens (including phenoxy) is 1. The molecule has 1 unspecified atom stereocenters. The number of nitrogens with zero attached hydrogens (tertiary/aromatic N) is 2. The fourth-order valence-electron chi connectivity index (χ4n) is 3.58. The molecular weight excluding hydrogens is 354 g/mol. The van der Waals surface area contributed by atoms with Gasteiger partial charge in [0.25, 0.3) is 5.91 Å². The largest absolute Gasteiger partial charge is 0.462 e. The van der Waals surface area contributed by atoms with Crippen LogP contribution < -0.4 is 5.32 Å². The van der Waals surface area contributed by atoms with Crippen LogP contribution in [0.25, 0.3) is 0 Å². The zero-order chi connectivity index (χ0) is 19.9. The SMILES string of the molecule is CCOC(=O)c1ccc(C(=O)NCC(c2ccccc2)N2CCCC2)nc1C. The van der Waals surface area contributed by atoms with Crippen LogP contribution in [0.4, 0.5) is 0 Å². The second-order valence-corrected chi connectivity index (χ2v) is 6.93. The predicted molar refractivity (Wildman–Crippen MR) is 107 cm³/mol. The maximum atomic E-state index is 12.6. The normalized spacial score (nSPS) is 15.2. The minimum atomic E-state index is -0.419. The first-order chi connectivity index (χ1) is 13.6. The zero-order valence-electron chi connectivity index (χ0n) is 16.5. The van der Waals surface area contributed by atoms with E-state index in [1.165, 1.54) is 18.4 Å². The van der Waals surface area contributed by atoms with Gasteiger partial charge in [-0.2, -0.15) is 0 Å². The van der Waals surface area contributed by atoms with Gasteiger partial charge in [-0.25, -0.2) is 9.78 Å². The van der Waals surface area contributed by atoms with Gasteiger partial charge >= 0.3 is 5.97 Å². The Labute approximate surface area is 165 Å². The van der Waals surface area contributed by atoms with Gasteiger partial charge in [0.2, 0.25) is 0 Å². The van der Waals surface area contributed by atoms with E-state index in [9.17, 15) is 9.59 Å². The number of hydrogen-bond donors (Lipinski definition) is 1. The van der Waals surface area contributed by atoms with E-state index in [0.717, 1.165) is 13.1 Å². The van der Waals surface area contributed by atoms with Crippen molar-refractivity contribution in [2.45, 2.75) is 32.7 Å². The predicted octanol–water partition coefficient (Wildman–Crippen LogP) is 3.13. The first-order valence-electron chi connectivity index (χ1n) is 9.82. The van der Waals surface area contributed by atoms with E-state index >= 15 is 0 Å². The molecular formula is C22H27N3O3. The summed E-state index contributed by atoms with van der Waals surface area (Å²) in [4.78, 5) is 31.3. The number of aromatic nitrogens is 1. The molecule has 1 saturated heterocycles. The van der Waals surface area contributed by atoms with Crippen molar-refractivity contribution in [2.24, 2.45) is 0 Å². The highest BCUT2D eigenvalue weighted by molar-refractivity contribution is 5.95. The Hall–Kier alpha value is -2.73. The number of pyridine rings is 1. The molecule has 0 saturated carbocycles. The van der Waals surface area contributed by atoms with Crippen LogP contribution in [0.3, 0.4) is 0 Å². The maximum Gasteiger partial charge on any atom is 0.339 e. The van der Waals surface area contributed by atoms with Gasteiger partial charge in [0.1, 0.15) is 5.69 Å². The molecule has 28 heavy (non-hydrogen) atoms. The Kier molecular flexibility index (Phi) is 6.76. The summed E-state index contributed by atoms with van der Waals surface area (Å²) in [5.41, 5.74) is 2.38. The molecule has 148 valence electrons. The molecule has 1 aliphatic rings. The average Bonchev–Trinajstić information content (AvgIpc) is 3.23. The van der Waals surface area contributed by atoms with Crippen molar-refractivity contribution in [3.05, 3.63) is 65.0 Å². The van der Waals surface area contributed by atoms with Crippen LogP contribution in [-0.2, 0) is 4.74 Å². The molecule has 1 N–H and O–H groups in total. The quantitative estimate of drug-likeness (QED) is 0.746. The number of hydrogen-bond acceptors (Lipinski definition) is 5. The van der Waals surface area contributed by atoms with Crippen molar-refractivity contribution in [3.63, 3.8) is 0 Å². The maximum absolute atomic E-state index is 12.6. The molecule has 3 rings (SSSR count). The van der Waals surface area contributed by atoms with Gasteiger partial charge in [-0.15, -0.1) is 0 Å². The van der Waals surface area contributed by atoms with E-state index in [2.05, 4.69) is 27.3 Å². The fraction of sp³-hybridized carbons (Fsp3) is 0.409. The first-order valence-corrected chi connectivity index (χ1v) is 9.82. The molecule has 0 aliphatic carbocycles. The van der Waals surface area contributed by atoms with Gasteiger partial charge in [-0.05, 0) is 57.5 Å². The molecule has 1 aliphatic heterocycles. The number of rotatable bonds is 7. The van der Waals surface area contributed by atoms with Crippen LogP contribution in [0, 0.1) is 6.92 Å². The molecule has 1 amide bonds. The Morgan fingerprint density at radius 2 is 1.86 bits per heavy atom. The molecule has 1 aromatic carbocycles. The standard InChI is InChI=1S/C22H27N3O3/c1-3-28-22(27)18-11-12-19(24-16(18)2)21(26)23-15-20(25-13-7-8-14-25)17-9-5-4-6-10-17/h4-6,9-12,20H,3,7-8,13-15H2,1-2H3,(H,23,26). The monoisotopic (exact) mass is 381 g/mol. The van der Waals surface area contributed by atoms with E-state index < -0.39 is 5.97 Å². The minimum absolute atomic E-state index is 0.146. The highest BCUT2D eigenvalue weighted by atomic mass is 16.5. The highest BCUT2D eigenvalue weighted by Crippen LogP contribution is 2.24. The smallest absolute Gasteiger partial charge is 0.339 e. The lowest BCUT2D eigenvalue weighted by molar-refractivity contribution is 0.0524. The molecule has 2 aromatic rings. The molecule has 0 spiro atoms. The number of carbonyl (C=O) groups excluding carboxylic acids is 2. The van der Waals surface area contributed by atoms with E-state index in [1.54, 1.807) is 26.0 Å². The Morgan fingerprint density at radius 1 is 1.14 bits per heavy atom. The van der Waals surface area contributed by atoms with Crippen molar-refractivity contribution in [2.75, 3.05) is 26.2 Å². The van der Waals surface area contributed by atoms with Crippen molar-refractivity contribution < 1.29 is 14.3 Å². The minimum Gasteiger partial charge on any atom is -0.462 e. The number of aryl methyl sites for hydroxylation is 1. The van der Waals surface area contributed by atoms with Gasteiger partial charge in [0.05, 0.1) is 23.9 Å². The summed E-state index contributed by atoms with van der Waals surface area (Å²) in [7, 11) is 0. The Balaban J connectivity index is 1.69. The van der Waals surface area contributed by atoms with E-state index in [-0.39, 0.29) is 11.9 Å². The molecule has 0 bridgehead atoms. The summed E-state index contributed by atoms with van der Waals surface area (Å²) in [6.45, 7) is 6.37. The van der Waals surface area contributed by atoms with Crippen LogP contribution in [-0.4, -0.2) is 48.0 Å². The second-order valence-electron chi connectivity index (χ2n) is 6.93. The van der Waals surface area contributed by atoms with Crippen LogP contribution in [0.1, 0.15) is 57.9 Å². The van der Waals surface area contributed by atoms with Gasteiger partial charge in [0.15, 0.2) is 0 Å². The summed E-state index contributed by atoms with van der Waals surface area (Å²) >= 11 is 0. The molecule has 1 fully saturated rings. The lowest BCUT2D eigenvalue weighted by Crippen LogP contribution is -2.37. The van der Waals surface area contributed by atoms with Crippen LogP contribution >= 0.6 is 0 Å². The summed E-state index contributed by atoms with van der Waals surface area (Å²) in [5, 5.41) is 3.02. The number of carbonyl (C=O) groups is 2. The second kappa shape index (κ2) is 9.46. The van der Waals surface area contributed by atoms with Gasteiger partial charge < -0.3 is 10.1 Å². The van der Waals surface area contributed by atoms with E-state index in [1.807, 2.05) is 18.2 Å². The number of likely N-dealkylation sites (tertiary alicyclic amines) is 1. The number of nitrogens with one attached hydrogen (secondary N) is 1. The van der Waals surface area contributed by atoms with Gasteiger partial charge in [-0.1, -0.05) is 30.3 Å².